The fraction of sp³-hybridized carbons (Fsp3) is 0.333. The third-order valence-electron chi connectivity index (χ3n) is 2.50. The molecule has 0 heterocycles. The van der Waals surface area contributed by atoms with Crippen LogP contribution in [-0.2, 0) is 4.79 Å². The minimum atomic E-state index is -1.05. The second-order valence-corrected chi connectivity index (χ2v) is 4.99. The fourth-order valence-electron chi connectivity index (χ4n) is 1.60. The number of aliphatic carboxylic acids is 1. The van der Waals surface area contributed by atoms with E-state index in [9.17, 15) is 19.7 Å². The van der Waals surface area contributed by atoms with Crippen LogP contribution < -0.4 is 5.32 Å². The van der Waals surface area contributed by atoms with Crippen molar-refractivity contribution < 1.29 is 19.6 Å². The van der Waals surface area contributed by atoms with Gasteiger partial charge >= 0.3 is 5.97 Å². The number of nitrogens with zero attached hydrogens (tertiary/aromatic N) is 1. The van der Waals surface area contributed by atoms with Crippen LogP contribution in [-0.4, -0.2) is 34.2 Å². The number of amides is 1. The number of carboxylic acids is 1. The van der Waals surface area contributed by atoms with Crippen LogP contribution in [0.3, 0.4) is 0 Å². The Bertz CT molecular complexity index is 547. The number of nitro benzene ring substituents is 1. The first-order valence-corrected chi connectivity index (χ1v) is 6.92. The maximum absolute atomic E-state index is 12.0. The molecular formula is C12H14N2O5S. The molecular weight excluding hydrogens is 284 g/mol. The predicted octanol–water partition coefficient (Wildman–Crippen LogP) is 1.91. The second-order valence-electron chi connectivity index (χ2n) is 4.11. The van der Waals surface area contributed by atoms with E-state index >= 15 is 0 Å². The van der Waals surface area contributed by atoms with E-state index in [0.717, 1.165) is 0 Å². The van der Waals surface area contributed by atoms with Crippen LogP contribution >= 0.6 is 11.8 Å². The molecule has 0 aliphatic heterocycles. The summed E-state index contributed by atoms with van der Waals surface area (Å²) in [5, 5.41) is 22.0. The van der Waals surface area contributed by atoms with Crippen molar-refractivity contribution in [2.75, 3.05) is 6.26 Å². The molecule has 0 saturated heterocycles. The van der Waals surface area contributed by atoms with E-state index in [0.29, 0.717) is 4.90 Å². The number of benzene rings is 1. The van der Waals surface area contributed by atoms with Crippen LogP contribution in [0.25, 0.3) is 0 Å². The van der Waals surface area contributed by atoms with Crippen LogP contribution in [0.4, 0.5) is 5.69 Å². The Hall–Kier alpha value is -2.09. The first kappa shape index (κ1) is 16.0. The summed E-state index contributed by atoms with van der Waals surface area (Å²) in [6, 6.07) is 3.63. The fourth-order valence-corrected chi connectivity index (χ4v) is 2.04. The number of carbonyl (C=O) groups excluding carboxylic acids is 1. The van der Waals surface area contributed by atoms with Crippen LogP contribution in [0.2, 0.25) is 0 Å². The third-order valence-corrected chi connectivity index (χ3v) is 3.23. The van der Waals surface area contributed by atoms with Gasteiger partial charge in [0.2, 0.25) is 0 Å². The summed E-state index contributed by atoms with van der Waals surface area (Å²) in [5.41, 5.74) is -0.373. The molecule has 108 valence electrons. The second kappa shape index (κ2) is 6.90. The number of carboxylic acid groups (broad SMARTS) is 1. The first-order chi connectivity index (χ1) is 9.35. The number of nitro groups is 1. The van der Waals surface area contributed by atoms with Crippen molar-refractivity contribution in [2.24, 2.45) is 0 Å². The Balaban J connectivity index is 3.01. The molecule has 0 spiro atoms. The molecule has 20 heavy (non-hydrogen) atoms. The number of carbonyl (C=O) groups is 2. The van der Waals surface area contributed by atoms with Gasteiger partial charge in [-0.2, -0.15) is 0 Å². The average molecular weight is 298 g/mol. The summed E-state index contributed by atoms with van der Waals surface area (Å²) >= 11 is 1.35. The standard InChI is InChI=1S/C12H14N2O5S/c1-7(5-11(15)16)13-12(17)9-6-8(20-2)3-4-10(9)14(18)19/h3-4,6-7H,5H2,1-2H3,(H,13,17)(H,15,16). The number of rotatable bonds is 6. The predicted molar refractivity (Wildman–Crippen MR) is 74.1 cm³/mol. The molecule has 0 fully saturated rings. The molecule has 0 bridgehead atoms. The highest BCUT2D eigenvalue weighted by molar-refractivity contribution is 7.98. The Kier molecular flexibility index (Phi) is 5.51. The molecule has 0 saturated carbocycles. The van der Waals surface area contributed by atoms with Crippen molar-refractivity contribution >= 4 is 29.3 Å². The minimum Gasteiger partial charge on any atom is -0.481 e. The molecule has 1 unspecified atom stereocenters. The van der Waals surface area contributed by atoms with Crippen LogP contribution in [0.1, 0.15) is 23.7 Å². The van der Waals surface area contributed by atoms with Crippen molar-refractivity contribution in [1.29, 1.82) is 0 Å². The van der Waals surface area contributed by atoms with Crippen molar-refractivity contribution in [1.82, 2.24) is 5.32 Å². The van der Waals surface area contributed by atoms with Gasteiger partial charge in [-0.25, -0.2) is 0 Å². The lowest BCUT2D eigenvalue weighted by Gasteiger charge is -2.12. The molecule has 1 aromatic carbocycles. The Labute approximate surface area is 119 Å². The molecule has 1 rings (SSSR count). The maximum atomic E-state index is 12.0. The molecule has 0 radical (unpaired) electrons. The lowest BCUT2D eigenvalue weighted by molar-refractivity contribution is -0.385. The zero-order chi connectivity index (χ0) is 15.3. The smallest absolute Gasteiger partial charge is 0.305 e. The van der Waals surface area contributed by atoms with E-state index in [1.165, 1.54) is 30.8 Å². The minimum absolute atomic E-state index is 0.0703. The number of hydrogen-bond donors (Lipinski definition) is 2. The van der Waals surface area contributed by atoms with Gasteiger partial charge in [-0.05, 0) is 25.3 Å². The quantitative estimate of drug-likeness (QED) is 0.471. The average Bonchev–Trinajstić information content (AvgIpc) is 2.36. The van der Waals surface area contributed by atoms with Gasteiger partial charge in [-0.15, -0.1) is 11.8 Å². The normalized spacial score (nSPS) is 11.7. The van der Waals surface area contributed by atoms with Crippen molar-refractivity contribution in [2.45, 2.75) is 24.3 Å². The molecule has 0 aromatic heterocycles. The summed E-state index contributed by atoms with van der Waals surface area (Å²) in [4.78, 5) is 33.5. The summed E-state index contributed by atoms with van der Waals surface area (Å²) < 4.78 is 0. The van der Waals surface area contributed by atoms with Gasteiger partial charge in [0, 0.05) is 17.0 Å². The molecule has 7 nitrogen and oxygen atoms in total. The van der Waals surface area contributed by atoms with Crippen molar-refractivity contribution in [3.05, 3.63) is 33.9 Å². The highest BCUT2D eigenvalue weighted by atomic mass is 32.2. The first-order valence-electron chi connectivity index (χ1n) is 5.70. The van der Waals surface area contributed by atoms with Crippen molar-refractivity contribution in [3.8, 4) is 0 Å². The van der Waals surface area contributed by atoms with E-state index in [4.69, 9.17) is 5.11 Å². The van der Waals surface area contributed by atoms with E-state index in [2.05, 4.69) is 5.32 Å². The molecule has 1 amide bonds. The van der Waals surface area contributed by atoms with Crippen LogP contribution in [0.15, 0.2) is 23.1 Å². The summed E-state index contributed by atoms with van der Waals surface area (Å²) in [7, 11) is 0. The third kappa shape index (κ3) is 4.23. The summed E-state index contributed by atoms with van der Waals surface area (Å²) in [6.45, 7) is 1.52. The van der Waals surface area contributed by atoms with Gasteiger partial charge < -0.3 is 10.4 Å². The maximum Gasteiger partial charge on any atom is 0.305 e. The Morgan fingerprint density at radius 1 is 1.50 bits per heavy atom. The lowest BCUT2D eigenvalue weighted by atomic mass is 10.1. The molecule has 2 N–H and O–H groups in total. The highest BCUT2D eigenvalue weighted by Gasteiger charge is 2.22. The molecule has 1 aromatic rings. The molecule has 0 aliphatic rings. The SMILES string of the molecule is CSc1ccc([N+](=O)[O-])c(C(=O)NC(C)CC(=O)O)c1. The van der Waals surface area contributed by atoms with Gasteiger partial charge in [0.15, 0.2) is 0 Å². The highest BCUT2D eigenvalue weighted by Crippen LogP contribution is 2.24. The number of hydrogen-bond acceptors (Lipinski definition) is 5. The summed E-state index contributed by atoms with van der Waals surface area (Å²) in [5.74, 6) is -1.70. The van der Waals surface area contributed by atoms with Gasteiger partial charge in [-0.1, -0.05) is 0 Å². The monoisotopic (exact) mass is 298 g/mol. The van der Waals surface area contributed by atoms with Gasteiger partial charge in [0.1, 0.15) is 5.56 Å². The zero-order valence-electron chi connectivity index (χ0n) is 11.0. The number of nitrogens with one attached hydrogen (secondary N) is 1. The number of thioether (sulfide) groups is 1. The molecule has 1 atom stereocenters. The lowest BCUT2D eigenvalue weighted by Crippen LogP contribution is -2.34. The van der Waals surface area contributed by atoms with Gasteiger partial charge in [0.25, 0.3) is 11.6 Å². The van der Waals surface area contributed by atoms with Gasteiger partial charge in [0.05, 0.1) is 11.3 Å². The van der Waals surface area contributed by atoms with Gasteiger partial charge in [-0.3, -0.25) is 19.7 Å². The molecule has 0 aliphatic carbocycles. The van der Waals surface area contributed by atoms with Crippen molar-refractivity contribution in [3.63, 3.8) is 0 Å². The van der Waals surface area contributed by atoms with Crippen LogP contribution in [0, 0.1) is 10.1 Å². The Morgan fingerprint density at radius 3 is 2.65 bits per heavy atom. The van der Waals surface area contributed by atoms with Crippen LogP contribution in [0.5, 0.6) is 0 Å². The van der Waals surface area contributed by atoms with E-state index < -0.39 is 22.8 Å². The summed E-state index contributed by atoms with van der Waals surface area (Å²) in [6.07, 6.45) is 1.54. The largest absolute Gasteiger partial charge is 0.481 e. The van der Waals surface area contributed by atoms with E-state index in [1.54, 1.807) is 12.3 Å². The Morgan fingerprint density at radius 2 is 2.15 bits per heavy atom. The van der Waals surface area contributed by atoms with E-state index in [-0.39, 0.29) is 17.7 Å². The van der Waals surface area contributed by atoms with E-state index in [1.807, 2.05) is 0 Å². The molecule has 8 heteroatoms. The topological polar surface area (TPSA) is 110 Å². The zero-order valence-corrected chi connectivity index (χ0v) is 11.8.